The third kappa shape index (κ3) is 2.34. The van der Waals surface area contributed by atoms with E-state index in [1.54, 1.807) is 22.7 Å². The maximum absolute atomic E-state index is 13.3. The van der Waals surface area contributed by atoms with E-state index in [9.17, 15) is 4.39 Å². The van der Waals surface area contributed by atoms with E-state index in [1.165, 1.54) is 25.0 Å². The van der Waals surface area contributed by atoms with Gasteiger partial charge >= 0.3 is 0 Å². The first kappa shape index (κ1) is 12.6. The number of rotatable bonds is 3. The molecule has 6 heteroatoms. The van der Waals surface area contributed by atoms with Gasteiger partial charge in [-0.25, -0.2) is 9.37 Å². The lowest BCUT2D eigenvalue weighted by atomic mass is 10.2. The zero-order chi connectivity index (χ0) is 14.4. The molecule has 2 aromatic heterocycles. The van der Waals surface area contributed by atoms with Gasteiger partial charge < -0.3 is 5.32 Å². The predicted octanol–water partition coefficient (Wildman–Crippen LogP) is 4.14. The largest absolute Gasteiger partial charge is 0.340 e. The summed E-state index contributed by atoms with van der Waals surface area (Å²) in [6.45, 7) is 0. The van der Waals surface area contributed by atoms with Gasteiger partial charge in [0.2, 0.25) is 0 Å². The molecular formula is C15H12ClFN4. The van der Waals surface area contributed by atoms with Gasteiger partial charge in [-0.2, -0.15) is 9.61 Å². The second-order valence-corrected chi connectivity index (χ2v) is 5.60. The second kappa shape index (κ2) is 4.70. The molecule has 1 aliphatic carbocycles. The standard InChI is InChI=1S/C15H12ClFN4/c16-13-7-14(19-11-3-1-2-10(17)6-11)21-15(20-13)12(8-18-21)9-4-5-9/h1-3,6-9,19H,4-5H2. The van der Waals surface area contributed by atoms with Crippen molar-refractivity contribution in [3.05, 3.63) is 53.1 Å². The topological polar surface area (TPSA) is 42.2 Å². The van der Waals surface area contributed by atoms with Gasteiger partial charge in [0.25, 0.3) is 0 Å². The Bertz CT molecular complexity index is 826. The summed E-state index contributed by atoms with van der Waals surface area (Å²) in [6.07, 6.45) is 4.18. The van der Waals surface area contributed by atoms with Gasteiger partial charge in [-0.05, 0) is 37.0 Å². The molecule has 3 aromatic rings. The number of anilines is 2. The second-order valence-electron chi connectivity index (χ2n) is 5.21. The number of halogens is 2. The van der Waals surface area contributed by atoms with Crippen molar-refractivity contribution in [1.82, 2.24) is 14.6 Å². The van der Waals surface area contributed by atoms with E-state index in [2.05, 4.69) is 15.4 Å². The van der Waals surface area contributed by atoms with Crippen LogP contribution in [0.3, 0.4) is 0 Å². The average molecular weight is 303 g/mol. The van der Waals surface area contributed by atoms with Crippen LogP contribution in [0.25, 0.3) is 5.65 Å². The molecule has 0 radical (unpaired) electrons. The number of nitrogens with one attached hydrogen (secondary N) is 1. The Labute approximate surface area is 125 Å². The van der Waals surface area contributed by atoms with E-state index in [4.69, 9.17) is 11.6 Å². The van der Waals surface area contributed by atoms with Gasteiger partial charge in [0.1, 0.15) is 16.8 Å². The van der Waals surface area contributed by atoms with Crippen LogP contribution in [0.4, 0.5) is 15.9 Å². The van der Waals surface area contributed by atoms with Crippen LogP contribution in [0.1, 0.15) is 24.3 Å². The fourth-order valence-corrected chi connectivity index (χ4v) is 2.62. The van der Waals surface area contributed by atoms with Gasteiger partial charge in [-0.15, -0.1) is 0 Å². The normalized spacial score (nSPS) is 14.6. The quantitative estimate of drug-likeness (QED) is 0.739. The van der Waals surface area contributed by atoms with Crippen molar-refractivity contribution in [1.29, 1.82) is 0 Å². The number of fused-ring (bicyclic) bond motifs is 1. The Hall–Kier alpha value is -2.14. The van der Waals surface area contributed by atoms with Crippen LogP contribution >= 0.6 is 11.6 Å². The van der Waals surface area contributed by atoms with E-state index in [0.717, 1.165) is 11.2 Å². The fraction of sp³-hybridized carbons (Fsp3) is 0.200. The van der Waals surface area contributed by atoms with Crippen LogP contribution < -0.4 is 5.32 Å². The minimum atomic E-state index is -0.296. The molecule has 1 fully saturated rings. The van der Waals surface area contributed by atoms with Gasteiger partial charge in [0.05, 0.1) is 6.20 Å². The van der Waals surface area contributed by atoms with Gasteiger partial charge in [0.15, 0.2) is 5.65 Å². The molecule has 4 rings (SSSR count). The van der Waals surface area contributed by atoms with E-state index in [-0.39, 0.29) is 5.82 Å². The molecule has 4 nitrogen and oxygen atoms in total. The minimum absolute atomic E-state index is 0.296. The van der Waals surface area contributed by atoms with Crippen molar-refractivity contribution in [2.24, 2.45) is 0 Å². The first-order chi connectivity index (χ1) is 10.2. The van der Waals surface area contributed by atoms with Crippen molar-refractivity contribution in [2.75, 3.05) is 5.32 Å². The summed E-state index contributed by atoms with van der Waals surface area (Å²) in [5.74, 6) is 0.911. The van der Waals surface area contributed by atoms with Crippen LogP contribution in [-0.4, -0.2) is 14.6 Å². The maximum Gasteiger partial charge on any atom is 0.162 e. The van der Waals surface area contributed by atoms with E-state index >= 15 is 0 Å². The smallest absolute Gasteiger partial charge is 0.162 e. The molecule has 0 bridgehead atoms. The summed E-state index contributed by atoms with van der Waals surface area (Å²) >= 11 is 6.11. The van der Waals surface area contributed by atoms with Crippen LogP contribution in [0, 0.1) is 5.82 Å². The van der Waals surface area contributed by atoms with Crippen molar-refractivity contribution in [2.45, 2.75) is 18.8 Å². The molecule has 0 aliphatic heterocycles. The summed E-state index contributed by atoms with van der Waals surface area (Å²) < 4.78 is 15.0. The molecule has 0 unspecified atom stereocenters. The highest BCUT2D eigenvalue weighted by Crippen LogP contribution is 2.42. The molecule has 0 spiro atoms. The van der Waals surface area contributed by atoms with E-state index in [1.807, 2.05) is 6.20 Å². The summed E-state index contributed by atoms with van der Waals surface area (Å²) in [4.78, 5) is 4.37. The fourth-order valence-electron chi connectivity index (χ4n) is 2.44. The lowest BCUT2D eigenvalue weighted by Crippen LogP contribution is -2.02. The van der Waals surface area contributed by atoms with Crippen LogP contribution in [0.2, 0.25) is 5.15 Å². The van der Waals surface area contributed by atoms with Crippen LogP contribution in [0.15, 0.2) is 36.5 Å². The molecule has 1 N–H and O–H groups in total. The third-order valence-corrected chi connectivity index (χ3v) is 3.78. The average Bonchev–Trinajstić information content (AvgIpc) is 3.19. The SMILES string of the molecule is Fc1cccc(Nc2cc(Cl)nc3c(C4CC4)cnn23)c1. The Balaban J connectivity index is 1.80. The highest BCUT2D eigenvalue weighted by atomic mass is 35.5. The van der Waals surface area contributed by atoms with Crippen molar-refractivity contribution in [3.8, 4) is 0 Å². The summed E-state index contributed by atoms with van der Waals surface area (Å²) in [7, 11) is 0. The first-order valence-electron chi connectivity index (χ1n) is 6.77. The molecule has 0 amide bonds. The first-order valence-corrected chi connectivity index (χ1v) is 7.15. The molecule has 1 aromatic carbocycles. The van der Waals surface area contributed by atoms with Crippen LogP contribution in [0.5, 0.6) is 0 Å². The summed E-state index contributed by atoms with van der Waals surface area (Å²) in [5.41, 5.74) is 2.53. The lowest BCUT2D eigenvalue weighted by molar-refractivity contribution is 0.628. The Kier molecular flexibility index (Phi) is 2.82. The van der Waals surface area contributed by atoms with Gasteiger partial charge in [-0.1, -0.05) is 17.7 Å². The lowest BCUT2D eigenvalue weighted by Gasteiger charge is -2.09. The molecule has 106 valence electrons. The molecular weight excluding hydrogens is 291 g/mol. The van der Waals surface area contributed by atoms with Gasteiger partial charge in [0, 0.05) is 17.3 Å². The Morgan fingerprint density at radius 2 is 2.14 bits per heavy atom. The Morgan fingerprint density at radius 1 is 1.29 bits per heavy atom. The molecule has 0 atom stereocenters. The highest BCUT2D eigenvalue weighted by Gasteiger charge is 2.28. The van der Waals surface area contributed by atoms with E-state index < -0.39 is 0 Å². The molecule has 21 heavy (non-hydrogen) atoms. The van der Waals surface area contributed by atoms with Crippen molar-refractivity contribution in [3.63, 3.8) is 0 Å². The molecule has 2 heterocycles. The third-order valence-electron chi connectivity index (χ3n) is 3.58. The van der Waals surface area contributed by atoms with Crippen molar-refractivity contribution >= 4 is 28.8 Å². The predicted molar refractivity (Wildman–Crippen MR) is 79.7 cm³/mol. The zero-order valence-electron chi connectivity index (χ0n) is 11.1. The Morgan fingerprint density at radius 3 is 2.90 bits per heavy atom. The van der Waals surface area contributed by atoms with Gasteiger partial charge in [-0.3, -0.25) is 0 Å². The number of hydrogen-bond donors (Lipinski definition) is 1. The van der Waals surface area contributed by atoms with Crippen molar-refractivity contribution < 1.29 is 4.39 Å². The zero-order valence-corrected chi connectivity index (χ0v) is 11.8. The number of benzene rings is 1. The molecule has 1 aliphatic rings. The number of hydrogen-bond acceptors (Lipinski definition) is 3. The van der Waals surface area contributed by atoms with Crippen LogP contribution in [-0.2, 0) is 0 Å². The molecule has 0 saturated heterocycles. The molecule has 1 saturated carbocycles. The summed E-state index contributed by atoms with van der Waals surface area (Å²) in [6, 6.07) is 7.94. The monoisotopic (exact) mass is 302 g/mol. The number of nitrogens with zero attached hydrogens (tertiary/aromatic N) is 3. The number of aromatic nitrogens is 3. The summed E-state index contributed by atoms with van der Waals surface area (Å²) in [5, 5.41) is 7.91. The maximum atomic E-state index is 13.3. The van der Waals surface area contributed by atoms with E-state index in [0.29, 0.717) is 22.6 Å². The minimum Gasteiger partial charge on any atom is -0.340 e. The highest BCUT2D eigenvalue weighted by molar-refractivity contribution is 6.29.